The van der Waals surface area contributed by atoms with Crippen LogP contribution in [0.5, 0.6) is 0 Å². The fraction of sp³-hybridized carbons (Fsp3) is 0.355. The highest BCUT2D eigenvalue weighted by Crippen LogP contribution is 2.40. The number of nitrogens with zero attached hydrogens (tertiary/aromatic N) is 3. The predicted octanol–water partition coefficient (Wildman–Crippen LogP) is 6.09. The van der Waals surface area contributed by atoms with Gasteiger partial charge in [-0.3, -0.25) is 9.40 Å². The number of ether oxygens (including phenoxy) is 1. The van der Waals surface area contributed by atoms with Crippen LogP contribution >= 0.6 is 11.6 Å². The molecule has 3 heterocycles. The minimum Gasteiger partial charge on any atom is -0.383 e. The maximum atomic E-state index is 15.5. The third kappa shape index (κ3) is 5.74. The second kappa shape index (κ2) is 11.5. The molecule has 226 valence electrons. The summed E-state index contributed by atoms with van der Waals surface area (Å²) < 4.78 is 51.0. The van der Waals surface area contributed by atoms with Gasteiger partial charge in [-0.1, -0.05) is 23.7 Å². The number of nitrogens with one attached hydrogen (secondary N) is 2. The van der Waals surface area contributed by atoms with Crippen LogP contribution in [0.2, 0.25) is 5.02 Å². The molecule has 4 aromatic rings. The maximum absolute atomic E-state index is 15.5. The van der Waals surface area contributed by atoms with Crippen LogP contribution in [0, 0.1) is 12.7 Å². The summed E-state index contributed by atoms with van der Waals surface area (Å²) in [5, 5.41) is 9.63. The summed E-state index contributed by atoms with van der Waals surface area (Å²) in [6, 6.07) is 9.44. The molecule has 1 fully saturated rings. The Kier molecular flexibility index (Phi) is 7.93. The smallest absolute Gasteiger partial charge is 0.261 e. The van der Waals surface area contributed by atoms with Crippen LogP contribution in [0.1, 0.15) is 50.3 Å². The summed E-state index contributed by atoms with van der Waals surface area (Å²) in [7, 11) is -4.04. The van der Waals surface area contributed by atoms with Gasteiger partial charge in [-0.2, -0.15) is 5.10 Å². The first-order chi connectivity index (χ1) is 20.5. The van der Waals surface area contributed by atoms with E-state index in [1.165, 1.54) is 35.9 Å². The number of fused-ring (bicyclic) bond motifs is 1. The van der Waals surface area contributed by atoms with Gasteiger partial charge in [-0.25, -0.2) is 17.8 Å². The number of aromatic nitrogens is 3. The maximum Gasteiger partial charge on any atom is 0.261 e. The lowest BCUT2D eigenvalue weighted by Crippen LogP contribution is -2.50. The Morgan fingerprint density at radius 3 is 2.58 bits per heavy atom. The number of nitrogen functional groups attached to an aromatic ring is 1. The van der Waals surface area contributed by atoms with Crippen molar-refractivity contribution in [2.24, 2.45) is 0 Å². The topological polar surface area (TPSA) is 124 Å². The lowest BCUT2D eigenvalue weighted by molar-refractivity contribution is -0.0103. The normalized spacial score (nSPS) is 17.7. The second-order valence-electron chi connectivity index (χ2n) is 11.5. The van der Waals surface area contributed by atoms with Crippen molar-refractivity contribution in [1.82, 2.24) is 20.1 Å². The zero-order valence-electron chi connectivity index (χ0n) is 24.2. The van der Waals surface area contributed by atoms with Crippen molar-refractivity contribution in [3.05, 3.63) is 70.6 Å². The molecule has 1 aliphatic carbocycles. The van der Waals surface area contributed by atoms with Crippen molar-refractivity contribution in [2.75, 3.05) is 23.7 Å². The van der Waals surface area contributed by atoms with Gasteiger partial charge in [0, 0.05) is 34.4 Å². The molecular weight excluding hydrogens is 591 g/mol. The average molecular weight is 625 g/mol. The number of allylic oxidation sites excluding steroid dienone is 1. The summed E-state index contributed by atoms with van der Waals surface area (Å²) in [5.41, 5.74) is 10.8. The minimum atomic E-state index is -4.04. The highest BCUT2D eigenvalue weighted by atomic mass is 35.5. The summed E-state index contributed by atoms with van der Waals surface area (Å²) in [4.78, 5) is 4.51. The molecule has 12 heteroatoms. The summed E-state index contributed by atoms with van der Waals surface area (Å²) in [6.45, 7) is 7.30. The van der Waals surface area contributed by atoms with Crippen LogP contribution in [-0.2, 0) is 14.8 Å². The van der Waals surface area contributed by atoms with Crippen molar-refractivity contribution in [1.29, 1.82) is 0 Å². The van der Waals surface area contributed by atoms with Crippen LogP contribution in [0.25, 0.3) is 27.7 Å². The molecule has 1 saturated heterocycles. The highest BCUT2D eigenvalue weighted by molar-refractivity contribution is 7.92. The summed E-state index contributed by atoms with van der Waals surface area (Å²) in [6.07, 6.45) is 6.83. The Balaban J connectivity index is 1.35. The van der Waals surface area contributed by atoms with E-state index in [0.717, 1.165) is 43.6 Å². The van der Waals surface area contributed by atoms with Crippen LogP contribution in [0.3, 0.4) is 0 Å². The number of sulfonamides is 1. The number of hydrogen-bond acceptors (Lipinski definition) is 7. The Bertz CT molecular complexity index is 1850. The van der Waals surface area contributed by atoms with Gasteiger partial charge < -0.3 is 15.8 Å². The lowest BCUT2D eigenvalue weighted by Gasteiger charge is -2.33. The number of halogens is 2. The van der Waals surface area contributed by atoms with Crippen molar-refractivity contribution in [3.8, 4) is 11.3 Å². The molecule has 1 unspecified atom stereocenters. The molecule has 0 amide bonds. The monoisotopic (exact) mass is 624 g/mol. The van der Waals surface area contributed by atoms with E-state index < -0.39 is 15.8 Å². The van der Waals surface area contributed by atoms with Gasteiger partial charge in [-0.15, -0.1) is 0 Å². The van der Waals surface area contributed by atoms with Gasteiger partial charge in [0.25, 0.3) is 10.0 Å². The first-order valence-corrected chi connectivity index (χ1v) is 16.2. The molecule has 4 N–H and O–H groups in total. The third-order valence-electron chi connectivity index (χ3n) is 8.04. The first kappa shape index (κ1) is 29.6. The van der Waals surface area contributed by atoms with E-state index in [4.69, 9.17) is 27.2 Å². The van der Waals surface area contributed by atoms with E-state index in [-0.39, 0.29) is 16.6 Å². The Morgan fingerprint density at radius 1 is 1.16 bits per heavy atom. The molecule has 2 aromatic heterocycles. The van der Waals surface area contributed by atoms with Crippen LogP contribution in [0.4, 0.5) is 15.9 Å². The largest absolute Gasteiger partial charge is 0.383 e. The molecule has 0 bridgehead atoms. The Labute approximate surface area is 255 Å². The number of rotatable bonds is 8. The van der Waals surface area contributed by atoms with Crippen molar-refractivity contribution >= 4 is 49.6 Å². The number of aryl methyl sites for hydroxylation is 1. The predicted molar refractivity (Wildman–Crippen MR) is 168 cm³/mol. The molecule has 0 spiro atoms. The number of benzene rings is 2. The van der Waals surface area contributed by atoms with E-state index in [0.29, 0.717) is 45.1 Å². The highest BCUT2D eigenvalue weighted by Gasteiger charge is 2.27. The number of anilines is 2. The van der Waals surface area contributed by atoms with E-state index in [2.05, 4.69) is 21.1 Å². The van der Waals surface area contributed by atoms with Gasteiger partial charge in [0.05, 0.1) is 40.7 Å². The molecule has 43 heavy (non-hydrogen) atoms. The van der Waals surface area contributed by atoms with E-state index in [1.807, 2.05) is 18.5 Å². The summed E-state index contributed by atoms with van der Waals surface area (Å²) in [5.74, 6) is -0.447. The average Bonchev–Trinajstić information content (AvgIpc) is 3.36. The quantitative estimate of drug-likeness (QED) is 0.217. The van der Waals surface area contributed by atoms with Crippen LogP contribution in [-0.4, -0.2) is 48.5 Å². The van der Waals surface area contributed by atoms with Crippen LogP contribution < -0.4 is 15.8 Å². The number of pyridine rings is 1. The molecule has 2 aromatic carbocycles. The van der Waals surface area contributed by atoms with Gasteiger partial charge >= 0.3 is 0 Å². The molecule has 6 rings (SSSR count). The molecule has 2 aliphatic rings. The van der Waals surface area contributed by atoms with E-state index in [1.54, 1.807) is 19.2 Å². The lowest BCUT2D eigenvalue weighted by atomic mass is 9.89. The Morgan fingerprint density at radius 2 is 1.95 bits per heavy atom. The minimum absolute atomic E-state index is 0.00668. The molecule has 1 aliphatic heterocycles. The van der Waals surface area contributed by atoms with Crippen LogP contribution in [0.15, 0.2) is 53.6 Å². The van der Waals surface area contributed by atoms with Crippen molar-refractivity contribution < 1.29 is 17.5 Å². The molecule has 0 radical (unpaired) electrons. The van der Waals surface area contributed by atoms with Crippen molar-refractivity contribution in [2.45, 2.75) is 63.1 Å². The number of hydrogen-bond donors (Lipinski definition) is 3. The fourth-order valence-electron chi connectivity index (χ4n) is 5.63. The number of nitrogens with two attached hydrogens (primary N) is 1. The standard InChI is InChI=1S/C31H34ClFN6O3S/c1-17(2)39-30-24(19-4-7-21(8-5-19)36-22-15-42-16-22)14-35-31(34)28(30)29(37-39)20-6-11-27(26(33)13-20)38-43(40,41)23-9-10-25(32)18(3)12-23/h4,6,9-14,17,21-22,36,38H,5,7-8,15-16H2,1-3H3,(H2,34,35). The third-order valence-corrected chi connectivity index (χ3v) is 9.82. The van der Waals surface area contributed by atoms with Gasteiger partial charge in [0.15, 0.2) is 0 Å². The molecule has 1 atom stereocenters. The zero-order valence-corrected chi connectivity index (χ0v) is 25.8. The summed E-state index contributed by atoms with van der Waals surface area (Å²) >= 11 is 6.04. The zero-order chi connectivity index (χ0) is 30.5. The SMILES string of the molecule is Cc1cc(S(=O)(=O)Nc2ccc(-c3nn(C(C)C)c4c(C5=CCC(NC6COC6)CC5)cnc(N)c34)cc2F)ccc1Cl. The van der Waals surface area contributed by atoms with Gasteiger partial charge in [0.1, 0.15) is 17.3 Å². The first-order valence-electron chi connectivity index (χ1n) is 14.3. The molecule has 0 saturated carbocycles. The molecule has 9 nitrogen and oxygen atoms in total. The Hall–Kier alpha value is -3.51. The van der Waals surface area contributed by atoms with Gasteiger partial charge in [-0.05, 0) is 81.5 Å². The second-order valence-corrected chi connectivity index (χ2v) is 13.6. The van der Waals surface area contributed by atoms with E-state index >= 15 is 4.39 Å². The van der Waals surface area contributed by atoms with E-state index in [9.17, 15) is 8.42 Å². The molecular formula is C31H34ClFN6O3S. The van der Waals surface area contributed by atoms with Crippen molar-refractivity contribution in [3.63, 3.8) is 0 Å². The fourth-order valence-corrected chi connectivity index (χ4v) is 6.90. The van der Waals surface area contributed by atoms with Gasteiger partial charge in [0.2, 0.25) is 0 Å².